The van der Waals surface area contributed by atoms with Gasteiger partial charge in [-0.25, -0.2) is 9.78 Å². The molecule has 1 aromatic carbocycles. The molecule has 0 spiro atoms. The molecular formula is C17H23N3O3. The monoisotopic (exact) mass is 317 g/mol. The van der Waals surface area contributed by atoms with Gasteiger partial charge in [0.25, 0.3) is 0 Å². The molecule has 2 aromatic rings. The van der Waals surface area contributed by atoms with E-state index in [0.717, 1.165) is 36.4 Å². The molecule has 1 N–H and O–H groups in total. The van der Waals surface area contributed by atoms with Crippen molar-refractivity contribution in [2.45, 2.75) is 31.7 Å². The number of hydrogen-bond donors (Lipinski definition) is 1. The van der Waals surface area contributed by atoms with E-state index >= 15 is 0 Å². The van der Waals surface area contributed by atoms with Gasteiger partial charge in [-0.05, 0) is 31.9 Å². The molecule has 1 fully saturated rings. The van der Waals surface area contributed by atoms with Crippen LogP contribution in [0.15, 0.2) is 28.7 Å². The third kappa shape index (κ3) is 3.64. The maximum absolute atomic E-state index is 12.3. The average Bonchev–Trinajstić information content (AvgIpc) is 2.99. The molecule has 1 aliphatic rings. The van der Waals surface area contributed by atoms with Crippen LogP contribution in [-0.2, 0) is 4.74 Å². The van der Waals surface area contributed by atoms with Crippen LogP contribution in [-0.4, -0.2) is 48.8 Å². The van der Waals surface area contributed by atoms with E-state index in [9.17, 15) is 4.79 Å². The molecule has 1 saturated heterocycles. The first-order valence-electron chi connectivity index (χ1n) is 8.07. The zero-order valence-electron chi connectivity index (χ0n) is 13.6. The first-order valence-corrected chi connectivity index (χ1v) is 8.07. The van der Waals surface area contributed by atoms with Gasteiger partial charge in [0.2, 0.25) is 0 Å². The smallest absolute Gasteiger partial charge is 0.317 e. The maximum atomic E-state index is 12.3. The van der Waals surface area contributed by atoms with E-state index in [1.165, 1.54) is 0 Å². The summed E-state index contributed by atoms with van der Waals surface area (Å²) in [5.74, 6) is 0.883. The van der Waals surface area contributed by atoms with Gasteiger partial charge in [-0.15, -0.1) is 0 Å². The van der Waals surface area contributed by atoms with Crippen molar-refractivity contribution in [3.05, 3.63) is 30.2 Å². The standard InChI is InChI=1S/C17H23N3O3/c1-12(11-22-2)18-17(21)20-9-5-6-13(10-20)16-19-14-7-3-4-8-15(14)23-16/h3-4,7-8,12-13H,5-6,9-11H2,1-2H3,(H,18,21)/t12-,13-/m0/s1. The highest BCUT2D eigenvalue weighted by Crippen LogP contribution is 2.28. The number of aromatic nitrogens is 1. The van der Waals surface area contributed by atoms with Crippen LogP contribution in [0.5, 0.6) is 0 Å². The Hall–Kier alpha value is -2.08. The van der Waals surface area contributed by atoms with Crippen LogP contribution in [0.4, 0.5) is 4.79 Å². The first kappa shape index (κ1) is 15.8. The number of rotatable bonds is 4. The molecule has 124 valence electrons. The number of nitrogens with zero attached hydrogens (tertiary/aromatic N) is 2. The molecule has 0 bridgehead atoms. The van der Waals surface area contributed by atoms with Crippen LogP contribution >= 0.6 is 0 Å². The number of carbonyl (C=O) groups is 1. The summed E-state index contributed by atoms with van der Waals surface area (Å²) in [6.07, 6.45) is 1.94. The van der Waals surface area contributed by atoms with Crippen molar-refractivity contribution in [3.63, 3.8) is 0 Å². The highest BCUT2D eigenvalue weighted by Gasteiger charge is 2.28. The Bertz CT molecular complexity index is 637. The number of urea groups is 1. The number of benzene rings is 1. The number of ether oxygens (including phenoxy) is 1. The van der Waals surface area contributed by atoms with Crippen LogP contribution in [0.2, 0.25) is 0 Å². The Kier molecular flexibility index (Phi) is 4.81. The van der Waals surface area contributed by atoms with Crippen LogP contribution in [0.25, 0.3) is 11.1 Å². The van der Waals surface area contributed by atoms with Crippen LogP contribution < -0.4 is 5.32 Å². The summed E-state index contributed by atoms with van der Waals surface area (Å²) in [6.45, 7) is 3.85. The fraction of sp³-hybridized carbons (Fsp3) is 0.529. The Morgan fingerprint density at radius 3 is 3.13 bits per heavy atom. The molecule has 1 aromatic heterocycles. The van der Waals surface area contributed by atoms with E-state index < -0.39 is 0 Å². The van der Waals surface area contributed by atoms with Gasteiger partial charge in [0.15, 0.2) is 11.5 Å². The molecule has 6 nitrogen and oxygen atoms in total. The van der Waals surface area contributed by atoms with Crippen LogP contribution in [0.3, 0.4) is 0 Å². The molecule has 23 heavy (non-hydrogen) atoms. The number of methoxy groups -OCH3 is 1. The Balaban J connectivity index is 1.66. The molecule has 0 aliphatic carbocycles. The topological polar surface area (TPSA) is 67.6 Å². The summed E-state index contributed by atoms with van der Waals surface area (Å²) in [5, 5.41) is 2.96. The lowest BCUT2D eigenvalue weighted by molar-refractivity contribution is 0.150. The van der Waals surface area contributed by atoms with Gasteiger partial charge in [-0.3, -0.25) is 0 Å². The predicted octanol–water partition coefficient (Wildman–Crippen LogP) is 2.75. The van der Waals surface area contributed by atoms with Crippen molar-refractivity contribution in [1.82, 2.24) is 15.2 Å². The lowest BCUT2D eigenvalue weighted by Gasteiger charge is -2.32. The number of carbonyl (C=O) groups excluding carboxylic acids is 1. The van der Waals surface area contributed by atoms with Crippen LogP contribution in [0.1, 0.15) is 31.6 Å². The predicted molar refractivity (Wildman–Crippen MR) is 87.4 cm³/mol. The minimum atomic E-state index is -0.0460. The lowest BCUT2D eigenvalue weighted by atomic mass is 9.98. The van der Waals surface area contributed by atoms with Gasteiger partial charge in [-0.1, -0.05) is 12.1 Å². The highest BCUT2D eigenvalue weighted by atomic mass is 16.5. The Morgan fingerprint density at radius 2 is 2.35 bits per heavy atom. The normalized spacial score (nSPS) is 19.7. The number of para-hydroxylation sites is 2. The van der Waals surface area contributed by atoms with Gasteiger partial charge in [0.1, 0.15) is 5.52 Å². The fourth-order valence-electron chi connectivity index (χ4n) is 3.02. The van der Waals surface area contributed by atoms with Crippen molar-refractivity contribution in [3.8, 4) is 0 Å². The van der Waals surface area contributed by atoms with Gasteiger partial charge >= 0.3 is 6.03 Å². The molecule has 3 rings (SSSR count). The van der Waals surface area contributed by atoms with Gasteiger partial charge in [0.05, 0.1) is 18.6 Å². The number of piperidine rings is 1. The average molecular weight is 317 g/mol. The van der Waals surface area contributed by atoms with E-state index in [2.05, 4.69) is 10.3 Å². The number of likely N-dealkylation sites (tertiary alicyclic amines) is 1. The van der Waals surface area contributed by atoms with E-state index in [4.69, 9.17) is 9.15 Å². The van der Waals surface area contributed by atoms with E-state index in [0.29, 0.717) is 13.2 Å². The Labute approximate surface area is 135 Å². The van der Waals surface area contributed by atoms with Crippen molar-refractivity contribution in [1.29, 1.82) is 0 Å². The molecule has 0 saturated carbocycles. The van der Waals surface area contributed by atoms with E-state index in [1.807, 2.05) is 36.1 Å². The first-order chi connectivity index (χ1) is 11.2. The quantitative estimate of drug-likeness (QED) is 0.941. The summed E-state index contributed by atoms with van der Waals surface area (Å²) in [6, 6.07) is 7.71. The number of oxazole rings is 1. The molecule has 2 amide bonds. The van der Waals surface area contributed by atoms with Gasteiger partial charge in [0, 0.05) is 20.2 Å². The summed E-state index contributed by atoms with van der Waals surface area (Å²) in [5.41, 5.74) is 1.68. The lowest BCUT2D eigenvalue weighted by Crippen LogP contribution is -2.48. The van der Waals surface area contributed by atoms with Crippen molar-refractivity contribution in [2.24, 2.45) is 0 Å². The molecule has 0 unspecified atom stereocenters. The zero-order valence-corrected chi connectivity index (χ0v) is 13.6. The van der Waals surface area contributed by atoms with Crippen LogP contribution in [0, 0.1) is 0 Å². The number of amides is 2. The highest BCUT2D eigenvalue weighted by molar-refractivity contribution is 5.75. The van der Waals surface area contributed by atoms with Gasteiger partial charge < -0.3 is 19.4 Å². The summed E-state index contributed by atoms with van der Waals surface area (Å²) >= 11 is 0. The fourth-order valence-corrected chi connectivity index (χ4v) is 3.02. The number of hydrogen-bond acceptors (Lipinski definition) is 4. The maximum Gasteiger partial charge on any atom is 0.317 e. The van der Waals surface area contributed by atoms with Crippen molar-refractivity contribution in [2.75, 3.05) is 26.8 Å². The summed E-state index contributed by atoms with van der Waals surface area (Å²) in [4.78, 5) is 18.8. The van der Waals surface area contributed by atoms with Crippen molar-refractivity contribution >= 4 is 17.1 Å². The molecule has 0 radical (unpaired) electrons. The number of fused-ring (bicyclic) bond motifs is 1. The minimum Gasteiger partial charge on any atom is -0.440 e. The van der Waals surface area contributed by atoms with Crippen molar-refractivity contribution < 1.29 is 13.9 Å². The zero-order chi connectivity index (χ0) is 16.2. The van der Waals surface area contributed by atoms with E-state index in [-0.39, 0.29) is 18.0 Å². The second-order valence-corrected chi connectivity index (χ2v) is 6.11. The number of nitrogens with one attached hydrogen (secondary N) is 1. The third-order valence-electron chi connectivity index (χ3n) is 4.15. The third-order valence-corrected chi connectivity index (χ3v) is 4.15. The summed E-state index contributed by atoms with van der Waals surface area (Å²) < 4.78 is 10.9. The largest absolute Gasteiger partial charge is 0.440 e. The SMILES string of the molecule is COC[C@H](C)NC(=O)N1CCC[C@H](c2nc3ccccc3o2)C1. The summed E-state index contributed by atoms with van der Waals surface area (Å²) in [7, 11) is 1.63. The Morgan fingerprint density at radius 1 is 1.52 bits per heavy atom. The minimum absolute atomic E-state index is 0.00259. The van der Waals surface area contributed by atoms with E-state index in [1.54, 1.807) is 7.11 Å². The molecular weight excluding hydrogens is 294 g/mol. The molecule has 2 heterocycles. The second kappa shape index (κ2) is 7.00. The molecule has 1 aliphatic heterocycles. The molecule has 2 atom stereocenters. The van der Waals surface area contributed by atoms with Gasteiger partial charge in [-0.2, -0.15) is 0 Å². The molecule has 6 heteroatoms. The second-order valence-electron chi connectivity index (χ2n) is 6.11.